The van der Waals surface area contributed by atoms with Crippen LogP contribution in [-0.2, 0) is 19.6 Å². The summed E-state index contributed by atoms with van der Waals surface area (Å²) in [6.45, 7) is 7.41. The lowest BCUT2D eigenvalue weighted by Gasteiger charge is -2.20. The van der Waals surface area contributed by atoms with E-state index in [4.69, 9.17) is 4.74 Å². The average Bonchev–Trinajstić information content (AvgIpc) is 2.97. The maximum absolute atomic E-state index is 12.3. The van der Waals surface area contributed by atoms with Gasteiger partial charge >= 0.3 is 5.97 Å². The topological polar surface area (TPSA) is 75.7 Å². The van der Waals surface area contributed by atoms with Crippen molar-refractivity contribution in [1.82, 2.24) is 9.62 Å². The first-order chi connectivity index (χ1) is 9.96. The summed E-state index contributed by atoms with van der Waals surface area (Å²) in [7, 11) is -2.14. The number of ether oxygens (including phenoxy) is 1. The highest BCUT2D eigenvalue weighted by Gasteiger charge is 2.41. The van der Waals surface area contributed by atoms with Crippen LogP contribution >= 0.6 is 0 Å². The molecule has 1 saturated carbocycles. The van der Waals surface area contributed by atoms with Gasteiger partial charge in [-0.2, -0.15) is 0 Å². The Labute approximate surface area is 128 Å². The fraction of sp³-hybridized carbons (Fsp3) is 0.929. The quantitative estimate of drug-likeness (QED) is 0.506. The molecular weight excluding hydrogens is 292 g/mol. The van der Waals surface area contributed by atoms with Crippen LogP contribution < -0.4 is 4.72 Å². The second kappa shape index (κ2) is 8.70. The highest BCUT2D eigenvalue weighted by atomic mass is 32.2. The standard InChI is InChI=1S/C14H28N2O4S/c1-4-16(5-2)11-7-10-15-21(18,19)13-9-6-8-12(13)14(17)20-3/h12-13,15H,4-11H2,1-3H3. The largest absolute Gasteiger partial charge is 0.469 e. The van der Waals surface area contributed by atoms with Gasteiger partial charge in [0.15, 0.2) is 0 Å². The molecule has 0 heterocycles. The van der Waals surface area contributed by atoms with Crippen molar-refractivity contribution in [2.24, 2.45) is 5.92 Å². The van der Waals surface area contributed by atoms with Crippen molar-refractivity contribution in [3.63, 3.8) is 0 Å². The van der Waals surface area contributed by atoms with Gasteiger partial charge in [-0.3, -0.25) is 4.79 Å². The summed E-state index contributed by atoms with van der Waals surface area (Å²) in [5.74, 6) is -0.929. The molecule has 0 aromatic carbocycles. The van der Waals surface area contributed by atoms with E-state index >= 15 is 0 Å². The Hall–Kier alpha value is -0.660. The predicted molar refractivity (Wildman–Crippen MR) is 82.5 cm³/mol. The third-order valence-corrected chi connectivity index (χ3v) is 6.17. The minimum absolute atomic E-state index is 0.411. The Morgan fingerprint density at radius 3 is 2.52 bits per heavy atom. The van der Waals surface area contributed by atoms with Crippen LogP contribution in [0.5, 0.6) is 0 Å². The maximum atomic E-state index is 12.3. The second-order valence-electron chi connectivity index (χ2n) is 5.42. The number of carbonyl (C=O) groups is 1. The molecule has 0 radical (unpaired) electrons. The molecule has 21 heavy (non-hydrogen) atoms. The van der Waals surface area contributed by atoms with Gasteiger partial charge in [0.2, 0.25) is 10.0 Å². The Morgan fingerprint density at radius 1 is 1.29 bits per heavy atom. The Bertz CT molecular complexity index is 421. The normalized spacial score (nSPS) is 22.7. The Kier molecular flexibility index (Phi) is 7.62. The van der Waals surface area contributed by atoms with E-state index in [2.05, 4.69) is 23.5 Å². The van der Waals surface area contributed by atoms with Crippen molar-refractivity contribution < 1.29 is 17.9 Å². The second-order valence-corrected chi connectivity index (χ2v) is 7.40. The summed E-state index contributed by atoms with van der Waals surface area (Å²) >= 11 is 0. The number of nitrogens with one attached hydrogen (secondary N) is 1. The highest BCUT2D eigenvalue weighted by Crippen LogP contribution is 2.31. The molecule has 1 aliphatic rings. The molecule has 0 amide bonds. The number of rotatable bonds is 9. The van der Waals surface area contributed by atoms with Gasteiger partial charge < -0.3 is 9.64 Å². The van der Waals surface area contributed by atoms with Gasteiger partial charge in [0.05, 0.1) is 18.3 Å². The van der Waals surface area contributed by atoms with E-state index in [0.29, 0.717) is 19.4 Å². The minimum atomic E-state index is -3.45. The lowest BCUT2D eigenvalue weighted by atomic mass is 10.1. The van der Waals surface area contributed by atoms with Crippen LogP contribution in [0.25, 0.3) is 0 Å². The lowest BCUT2D eigenvalue weighted by Crippen LogP contribution is -2.40. The number of esters is 1. The van der Waals surface area contributed by atoms with Gasteiger partial charge in [-0.15, -0.1) is 0 Å². The minimum Gasteiger partial charge on any atom is -0.469 e. The molecule has 0 aromatic rings. The molecule has 1 aliphatic carbocycles. The number of nitrogens with zero attached hydrogens (tertiary/aromatic N) is 1. The highest BCUT2D eigenvalue weighted by molar-refractivity contribution is 7.90. The van der Waals surface area contributed by atoms with Crippen LogP contribution in [0.2, 0.25) is 0 Å². The lowest BCUT2D eigenvalue weighted by molar-refractivity contribution is -0.145. The van der Waals surface area contributed by atoms with E-state index in [-0.39, 0.29) is 0 Å². The summed E-state index contributed by atoms with van der Waals surface area (Å²) < 4.78 is 32.0. The molecule has 2 unspecified atom stereocenters. The van der Waals surface area contributed by atoms with Gasteiger partial charge in [0.25, 0.3) is 0 Å². The molecule has 6 nitrogen and oxygen atoms in total. The molecule has 0 aliphatic heterocycles. The zero-order valence-electron chi connectivity index (χ0n) is 13.3. The molecule has 1 N–H and O–H groups in total. The number of carbonyl (C=O) groups excluding carboxylic acids is 1. The molecule has 2 atom stereocenters. The van der Waals surface area contributed by atoms with Crippen LogP contribution in [0.15, 0.2) is 0 Å². The summed E-state index contributed by atoms with van der Waals surface area (Å²) in [5.41, 5.74) is 0. The van der Waals surface area contributed by atoms with E-state index in [1.54, 1.807) is 0 Å². The number of hydrogen-bond donors (Lipinski definition) is 1. The molecule has 1 rings (SSSR count). The van der Waals surface area contributed by atoms with Gasteiger partial charge in [0, 0.05) is 6.54 Å². The van der Waals surface area contributed by atoms with Gasteiger partial charge in [-0.1, -0.05) is 20.3 Å². The number of methoxy groups -OCH3 is 1. The summed E-state index contributed by atoms with van der Waals surface area (Å²) in [5, 5.41) is -0.640. The Morgan fingerprint density at radius 2 is 1.95 bits per heavy atom. The molecule has 0 saturated heterocycles. The van der Waals surface area contributed by atoms with Gasteiger partial charge in [-0.05, 0) is 38.9 Å². The summed E-state index contributed by atoms with van der Waals surface area (Å²) in [6, 6.07) is 0. The third-order valence-electron chi connectivity index (χ3n) is 4.20. The van der Waals surface area contributed by atoms with Crippen LogP contribution in [-0.4, -0.2) is 57.8 Å². The van der Waals surface area contributed by atoms with Crippen molar-refractivity contribution in [3.05, 3.63) is 0 Å². The smallest absolute Gasteiger partial charge is 0.310 e. The van der Waals surface area contributed by atoms with E-state index < -0.39 is 27.2 Å². The molecular formula is C14H28N2O4S. The summed E-state index contributed by atoms with van der Waals surface area (Å²) in [6.07, 6.45) is 2.66. The number of sulfonamides is 1. The first kappa shape index (κ1) is 18.4. The molecule has 124 valence electrons. The third kappa shape index (κ3) is 5.23. The fourth-order valence-electron chi connectivity index (χ4n) is 2.88. The van der Waals surface area contributed by atoms with Crippen molar-refractivity contribution in [3.8, 4) is 0 Å². The molecule has 0 aromatic heterocycles. The molecule has 0 bridgehead atoms. The summed E-state index contributed by atoms with van der Waals surface area (Å²) in [4.78, 5) is 13.9. The van der Waals surface area contributed by atoms with E-state index in [0.717, 1.165) is 32.5 Å². The van der Waals surface area contributed by atoms with Crippen molar-refractivity contribution >= 4 is 16.0 Å². The Balaban J connectivity index is 2.47. The van der Waals surface area contributed by atoms with Crippen LogP contribution in [0, 0.1) is 5.92 Å². The van der Waals surface area contributed by atoms with Crippen LogP contribution in [0.3, 0.4) is 0 Å². The van der Waals surface area contributed by atoms with Crippen LogP contribution in [0.1, 0.15) is 39.5 Å². The van der Waals surface area contributed by atoms with E-state index in [1.165, 1.54) is 7.11 Å². The van der Waals surface area contributed by atoms with E-state index in [9.17, 15) is 13.2 Å². The molecule has 0 spiro atoms. The SMILES string of the molecule is CCN(CC)CCCNS(=O)(=O)C1CCCC1C(=O)OC. The molecule has 7 heteroatoms. The number of hydrogen-bond acceptors (Lipinski definition) is 5. The van der Waals surface area contributed by atoms with Gasteiger partial charge in [0.1, 0.15) is 0 Å². The molecule has 1 fully saturated rings. The van der Waals surface area contributed by atoms with Crippen LogP contribution in [0.4, 0.5) is 0 Å². The first-order valence-electron chi connectivity index (χ1n) is 7.74. The average molecular weight is 320 g/mol. The van der Waals surface area contributed by atoms with Crippen molar-refractivity contribution in [2.45, 2.75) is 44.8 Å². The van der Waals surface area contributed by atoms with Crippen molar-refractivity contribution in [2.75, 3.05) is 33.3 Å². The van der Waals surface area contributed by atoms with Crippen molar-refractivity contribution in [1.29, 1.82) is 0 Å². The zero-order chi connectivity index (χ0) is 15.9. The zero-order valence-corrected chi connectivity index (χ0v) is 14.1. The van der Waals surface area contributed by atoms with Gasteiger partial charge in [-0.25, -0.2) is 13.1 Å². The monoisotopic (exact) mass is 320 g/mol. The maximum Gasteiger partial charge on any atom is 0.310 e. The van der Waals surface area contributed by atoms with E-state index in [1.807, 2.05) is 0 Å². The fourth-order valence-corrected chi connectivity index (χ4v) is 4.68. The predicted octanol–water partition coefficient (Wildman–Crippen LogP) is 0.979. The first-order valence-corrected chi connectivity index (χ1v) is 9.29.